The molecule has 1 amide bonds. The molecular weight excluding hydrogens is 250 g/mol. The van der Waals surface area contributed by atoms with Crippen LogP contribution in [0.2, 0.25) is 0 Å². The van der Waals surface area contributed by atoms with Crippen molar-refractivity contribution in [2.24, 2.45) is 5.73 Å². The van der Waals surface area contributed by atoms with Crippen LogP contribution in [-0.4, -0.2) is 15.9 Å². The normalized spacial score (nSPS) is 10.3. The minimum absolute atomic E-state index is 0.266. The van der Waals surface area contributed by atoms with Gasteiger partial charge in [0.25, 0.3) is 5.91 Å². The van der Waals surface area contributed by atoms with Crippen molar-refractivity contribution in [2.45, 2.75) is 13.5 Å². The fourth-order valence-electron chi connectivity index (χ4n) is 1.43. The Balaban J connectivity index is 2.10. The SMILES string of the molecule is Cc1csc(CNc2cc(C(N)=O)c(N)cn2)n1. The highest BCUT2D eigenvalue weighted by Crippen LogP contribution is 2.16. The number of thiazole rings is 1. The van der Waals surface area contributed by atoms with E-state index in [2.05, 4.69) is 15.3 Å². The Kier molecular flexibility index (Phi) is 3.42. The molecular formula is C11H13N5OS. The average Bonchev–Trinajstić information content (AvgIpc) is 2.74. The molecule has 0 radical (unpaired) electrons. The first kappa shape index (κ1) is 12.3. The predicted molar refractivity (Wildman–Crippen MR) is 71.3 cm³/mol. The summed E-state index contributed by atoms with van der Waals surface area (Å²) in [7, 11) is 0. The molecule has 0 atom stereocenters. The minimum Gasteiger partial charge on any atom is -0.397 e. The summed E-state index contributed by atoms with van der Waals surface area (Å²) in [4.78, 5) is 19.5. The molecule has 0 spiro atoms. The molecule has 6 nitrogen and oxygen atoms in total. The van der Waals surface area contributed by atoms with Crippen LogP contribution >= 0.6 is 11.3 Å². The summed E-state index contributed by atoms with van der Waals surface area (Å²) in [6.45, 7) is 2.49. The Morgan fingerprint density at radius 1 is 1.56 bits per heavy atom. The van der Waals surface area contributed by atoms with Gasteiger partial charge in [0.15, 0.2) is 0 Å². The molecule has 18 heavy (non-hydrogen) atoms. The van der Waals surface area contributed by atoms with Crippen LogP contribution < -0.4 is 16.8 Å². The third-order valence-corrected chi connectivity index (χ3v) is 3.25. The number of hydrogen-bond donors (Lipinski definition) is 3. The van der Waals surface area contributed by atoms with Crippen molar-refractivity contribution in [2.75, 3.05) is 11.1 Å². The summed E-state index contributed by atoms with van der Waals surface area (Å²) >= 11 is 1.56. The molecule has 2 heterocycles. The second-order valence-electron chi connectivity index (χ2n) is 3.76. The fourth-order valence-corrected chi connectivity index (χ4v) is 2.14. The molecule has 0 saturated carbocycles. The van der Waals surface area contributed by atoms with E-state index in [0.29, 0.717) is 12.4 Å². The van der Waals surface area contributed by atoms with Gasteiger partial charge in [-0.3, -0.25) is 4.79 Å². The lowest BCUT2D eigenvalue weighted by Gasteiger charge is -2.06. The van der Waals surface area contributed by atoms with Crippen molar-refractivity contribution in [3.63, 3.8) is 0 Å². The second-order valence-corrected chi connectivity index (χ2v) is 4.70. The number of nitrogens with one attached hydrogen (secondary N) is 1. The Hall–Kier alpha value is -2.15. The summed E-state index contributed by atoms with van der Waals surface area (Å²) in [5.74, 6) is -0.0195. The Labute approximate surface area is 108 Å². The molecule has 0 aromatic carbocycles. The Morgan fingerprint density at radius 2 is 2.33 bits per heavy atom. The summed E-state index contributed by atoms with van der Waals surface area (Å²) in [6, 6.07) is 1.54. The molecule has 0 bridgehead atoms. The van der Waals surface area contributed by atoms with Gasteiger partial charge in [-0.2, -0.15) is 0 Å². The number of primary amides is 1. The smallest absolute Gasteiger partial charge is 0.250 e. The van der Waals surface area contributed by atoms with Gasteiger partial charge in [-0.1, -0.05) is 0 Å². The maximum absolute atomic E-state index is 11.1. The number of hydrogen-bond acceptors (Lipinski definition) is 6. The molecule has 2 aromatic heterocycles. The third kappa shape index (κ3) is 2.75. The number of aryl methyl sites for hydroxylation is 1. The number of pyridine rings is 1. The number of nitrogen functional groups attached to an aromatic ring is 1. The van der Waals surface area contributed by atoms with E-state index < -0.39 is 5.91 Å². The van der Waals surface area contributed by atoms with Gasteiger partial charge >= 0.3 is 0 Å². The van der Waals surface area contributed by atoms with Crippen molar-refractivity contribution in [1.82, 2.24) is 9.97 Å². The van der Waals surface area contributed by atoms with Crippen LogP contribution in [0.15, 0.2) is 17.6 Å². The molecule has 7 heteroatoms. The van der Waals surface area contributed by atoms with Crippen molar-refractivity contribution >= 4 is 28.7 Å². The van der Waals surface area contributed by atoms with E-state index in [1.165, 1.54) is 12.3 Å². The number of aromatic nitrogens is 2. The van der Waals surface area contributed by atoms with Crippen molar-refractivity contribution in [1.29, 1.82) is 0 Å². The predicted octanol–water partition coefficient (Wildman–Crippen LogP) is 1.14. The quantitative estimate of drug-likeness (QED) is 0.766. The molecule has 5 N–H and O–H groups in total. The number of rotatable bonds is 4. The Bertz CT molecular complexity index is 581. The van der Waals surface area contributed by atoms with E-state index in [4.69, 9.17) is 11.5 Å². The molecule has 0 aliphatic carbocycles. The molecule has 0 aliphatic heterocycles. The van der Waals surface area contributed by atoms with E-state index in [9.17, 15) is 4.79 Å². The van der Waals surface area contributed by atoms with Gasteiger partial charge in [0.2, 0.25) is 0 Å². The first-order chi connectivity index (χ1) is 8.56. The number of nitrogens with two attached hydrogens (primary N) is 2. The van der Waals surface area contributed by atoms with Gasteiger partial charge in [0.1, 0.15) is 10.8 Å². The summed E-state index contributed by atoms with van der Waals surface area (Å²) in [5.41, 5.74) is 12.3. The Morgan fingerprint density at radius 3 is 2.94 bits per heavy atom. The topological polar surface area (TPSA) is 107 Å². The van der Waals surface area contributed by atoms with Gasteiger partial charge in [-0.05, 0) is 13.0 Å². The molecule has 0 fully saturated rings. The minimum atomic E-state index is -0.567. The van der Waals surface area contributed by atoms with E-state index in [0.717, 1.165) is 10.7 Å². The van der Waals surface area contributed by atoms with Crippen LogP contribution in [0.1, 0.15) is 21.1 Å². The van der Waals surface area contributed by atoms with Crippen LogP contribution in [0.3, 0.4) is 0 Å². The van der Waals surface area contributed by atoms with Crippen molar-refractivity contribution in [3.8, 4) is 0 Å². The molecule has 2 rings (SSSR count). The second kappa shape index (κ2) is 5.01. The van der Waals surface area contributed by atoms with E-state index >= 15 is 0 Å². The first-order valence-corrected chi connectivity index (χ1v) is 6.14. The zero-order valence-corrected chi connectivity index (χ0v) is 10.6. The van der Waals surface area contributed by atoms with E-state index in [1.54, 1.807) is 11.3 Å². The van der Waals surface area contributed by atoms with Crippen molar-refractivity contribution in [3.05, 3.63) is 33.9 Å². The van der Waals surface area contributed by atoms with E-state index in [-0.39, 0.29) is 11.3 Å². The maximum atomic E-state index is 11.1. The standard InChI is InChI=1S/C11H13N5OS/c1-6-5-18-10(16-6)4-15-9-2-7(11(13)17)8(12)3-14-9/h2-3,5H,4,12H2,1H3,(H2,13,17)(H,14,15). The largest absolute Gasteiger partial charge is 0.397 e. The number of anilines is 2. The lowest BCUT2D eigenvalue weighted by Crippen LogP contribution is -2.14. The molecule has 0 aliphatic rings. The number of nitrogens with zero attached hydrogens (tertiary/aromatic N) is 2. The highest BCUT2D eigenvalue weighted by atomic mass is 32.1. The average molecular weight is 263 g/mol. The van der Waals surface area contributed by atoms with Gasteiger partial charge in [0.05, 0.1) is 24.0 Å². The maximum Gasteiger partial charge on any atom is 0.250 e. The first-order valence-electron chi connectivity index (χ1n) is 5.26. The van der Waals surface area contributed by atoms with Crippen LogP contribution in [0, 0.1) is 6.92 Å². The van der Waals surface area contributed by atoms with Gasteiger partial charge < -0.3 is 16.8 Å². The lowest BCUT2D eigenvalue weighted by atomic mass is 10.2. The van der Waals surface area contributed by atoms with Crippen LogP contribution in [0.4, 0.5) is 11.5 Å². The number of carbonyl (C=O) groups excluding carboxylic acids is 1. The highest BCUT2D eigenvalue weighted by molar-refractivity contribution is 7.09. The van der Waals surface area contributed by atoms with Gasteiger partial charge in [-0.25, -0.2) is 9.97 Å². The summed E-state index contributed by atoms with van der Waals surface area (Å²) < 4.78 is 0. The number of carbonyl (C=O) groups is 1. The zero-order chi connectivity index (χ0) is 13.1. The van der Waals surface area contributed by atoms with E-state index in [1.807, 2.05) is 12.3 Å². The molecule has 2 aromatic rings. The van der Waals surface area contributed by atoms with Gasteiger partial charge in [-0.15, -0.1) is 11.3 Å². The third-order valence-electron chi connectivity index (χ3n) is 2.29. The van der Waals surface area contributed by atoms with Crippen molar-refractivity contribution < 1.29 is 4.79 Å². The van der Waals surface area contributed by atoms with Gasteiger partial charge in [0, 0.05) is 11.1 Å². The summed E-state index contributed by atoms with van der Waals surface area (Å²) in [6.07, 6.45) is 1.41. The van der Waals surface area contributed by atoms with Crippen LogP contribution in [0.25, 0.3) is 0 Å². The van der Waals surface area contributed by atoms with Crippen LogP contribution in [0.5, 0.6) is 0 Å². The zero-order valence-electron chi connectivity index (χ0n) is 9.80. The summed E-state index contributed by atoms with van der Waals surface area (Å²) in [5, 5.41) is 6.00. The molecule has 94 valence electrons. The fraction of sp³-hybridized carbons (Fsp3) is 0.182. The monoisotopic (exact) mass is 263 g/mol. The lowest BCUT2D eigenvalue weighted by molar-refractivity contribution is 0.100. The molecule has 0 unspecified atom stereocenters. The highest BCUT2D eigenvalue weighted by Gasteiger charge is 2.08. The molecule has 0 saturated heterocycles. The number of amides is 1. The van der Waals surface area contributed by atoms with Crippen LogP contribution in [-0.2, 0) is 6.54 Å².